The maximum atomic E-state index is 10.7. The molecule has 0 saturated carbocycles. The van der Waals surface area contributed by atoms with Crippen molar-refractivity contribution in [2.24, 2.45) is 0 Å². The van der Waals surface area contributed by atoms with E-state index in [9.17, 15) is 4.79 Å². The Morgan fingerprint density at radius 3 is 2.45 bits per heavy atom. The summed E-state index contributed by atoms with van der Waals surface area (Å²) in [4.78, 5) is 10.7. The molecule has 0 fully saturated rings. The smallest absolute Gasteiger partial charge is 0.151 e. The predicted octanol–water partition coefficient (Wildman–Crippen LogP) is 3.88. The molecule has 0 radical (unpaired) electrons. The fourth-order valence-electron chi connectivity index (χ4n) is 2.30. The molecule has 1 aromatic heterocycles. The van der Waals surface area contributed by atoms with Gasteiger partial charge in [-0.25, -0.2) is 0 Å². The Kier molecular flexibility index (Phi) is 3.46. The van der Waals surface area contributed by atoms with Crippen LogP contribution in [-0.2, 0) is 6.42 Å². The summed E-state index contributed by atoms with van der Waals surface area (Å²) in [6, 6.07) is 20.6. The van der Waals surface area contributed by atoms with Crippen molar-refractivity contribution in [2.45, 2.75) is 6.42 Å². The zero-order valence-electron chi connectivity index (χ0n) is 11.1. The highest BCUT2D eigenvalue weighted by Crippen LogP contribution is 2.15. The first kappa shape index (κ1) is 12.4. The van der Waals surface area contributed by atoms with Crippen molar-refractivity contribution in [3.8, 4) is 5.69 Å². The third-order valence-electron chi connectivity index (χ3n) is 3.31. The molecule has 2 heteroatoms. The number of aromatic nitrogens is 1. The van der Waals surface area contributed by atoms with Gasteiger partial charge in [0.15, 0.2) is 6.29 Å². The topological polar surface area (TPSA) is 22.0 Å². The van der Waals surface area contributed by atoms with Gasteiger partial charge < -0.3 is 4.57 Å². The molecule has 2 aromatic carbocycles. The first-order valence-electron chi connectivity index (χ1n) is 6.61. The number of hydrogen-bond acceptors (Lipinski definition) is 1. The molecule has 0 aliphatic heterocycles. The number of carbonyl (C=O) groups is 1. The molecule has 0 atom stereocenters. The summed E-state index contributed by atoms with van der Waals surface area (Å²) in [6.45, 7) is 0. The molecule has 0 saturated heterocycles. The van der Waals surface area contributed by atoms with Gasteiger partial charge in [-0.15, -0.1) is 0 Å². The van der Waals surface area contributed by atoms with Gasteiger partial charge in [0.05, 0.1) is 0 Å². The van der Waals surface area contributed by atoms with E-state index in [1.54, 1.807) is 0 Å². The standard InChI is InChI=1S/C18H15NO/c20-14-17-9-10-19(13-17)18-8-4-7-16(12-18)11-15-5-2-1-3-6-15/h1-10,12-14H,11H2. The second kappa shape index (κ2) is 5.57. The average Bonchev–Trinajstić information content (AvgIpc) is 2.98. The fraction of sp³-hybridized carbons (Fsp3) is 0.0556. The van der Waals surface area contributed by atoms with Crippen molar-refractivity contribution in [3.05, 3.63) is 89.7 Å². The highest BCUT2D eigenvalue weighted by molar-refractivity contribution is 5.74. The summed E-state index contributed by atoms with van der Waals surface area (Å²) >= 11 is 0. The van der Waals surface area contributed by atoms with Gasteiger partial charge in [0, 0.05) is 23.6 Å². The van der Waals surface area contributed by atoms with Crippen LogP contribution in [0.1, 0.15) is 21.5 Å². The molecule has 3 rings (SSSR count). The van der Waals surface area contributed by atoms with Gasteiger partial charge in [0.25, 0.3) is 0 Å². The van der Waals surface area contributed by atoms with E-state index in [2.05, 4.69) is 36.4 Å². The number of hydrogen-bond donors (Lipinski definition) is 0. The average molecular weight is 261 g/mol. The Morgan fingerprint density at radius 1 is 0.900 bits per heavy atom. The number of carbonyl (C=O) groups excluding carboxylic acids is 1. The SMILES string of the molecule is O=Cc1ccn(-c2cccc(Cc3ccccc3)c2)c1. The molecular formula is C18H15NO. The minimum Gasteiger partial charge on any atom is -0.323 e. The van der Waals surface area contributed by atoms with Crippen molar-refractivity contribution in [1.82, 2.24) is 4.57 Å². The normalized spacial score (nSPS) is 10.4. The summed E-state index contributed by atoms with van der Waals surface area (Å²) in [5, 5.41) is 0. The first-order chi connectivity index (χ1) is 9.85. The van der Waals surface area contributed by atoms with Crippen LogP contribution in [0, 0.1) is 0 Å². The van der Waals surface area contributed by atoms with E-state index in [4.69, 9.17) is 0 Å². The minimum atomic E-state index is 0.693. The van der Waals surface area contributed by atoms with Crippen molar-refractivity contribution in [2.75, 3.05) is 0 Å². The lowest BCUT2D eigenvalue weighted by Gasteiger charge is -2.06. The molecule has 0 spiro atoms. The van der Waals surface area contributed by atoms with Crippen molar-refractivity contribution in [1.29, 1.82) is 0 Å². The molecule has 20 heavy (non-hydrogen) atoms. The van der Waals surface area contributed by atoms with E-state index in [0.717, 1.165) is 18.4 Å². The Bertz CT molecular complexity index is 713. The number of nitrogens with zero attached hydrogens (tertiary/aromatic N) is 1. The molecule has 98 valence electrons. The van der Waals surface area contributed by atoms with Crippen LogP contribution in [0.15, 0.2) is 73.1 Å². The van der Waals surface area contributed by atoms with Gasteiger partial charge in [0.2, 0.25) is 0 Å². The molecular weight excluding hydrogens is 246 g/mol. The Labute approximate surface area is 118 Å². The van der Waals surface area contributed by atoms with Crippen LogP contribution >= 0.6 is 0 Å². The van der Waals surface area contributed by atoms with Crippen LogP contribution < -0.4 is 0 Å². The quantitative estimate of drug-likeness (QED) is 0.653. The van der Waals surface area contributed by atoms with Gasteiger partial charge in [-0.3, -0.25) is 4.79 Å². The van der Waals surface area contributed by atoms with Crippen LogP contribution in [0.25, 0.3) is 5.69 Å². The number of aldehydes is 1. The summed E-state index contributed by atoms with van der Waals surface area (Å²) in [6.07, 6.45) is 5.53. The third kappa shape index (κ3) is 2.69. The van der Waals surface area contributed by atoms with Crippen LogP contribution in [0.3, 0.4) is 0 Å². The molecule has 0 N–H and O–H groups in total. The summed E-state index contributed by atoms with van der Waals surface area (Å²) in [5.74, 6) is 0. The van der Waals surface area contributed by atoms with Crippen LogP contribution in [0.5, 0.6) is 0 Å². The van der Waals surface area contributed by atoms with Gasteiger partial charge in [-0.1, -0.05) is 42.5 Å². The highest BCUT2D eigenvalue weighted by Gasteiger charge is 2.01. The molecule has 0 bridgehead atoms. The van der Waals surface area contributed by atoms with Crippen LogP contribution in [-0.4, -0.2) is 10.9 Å². The second-order valence-corrected chi connectivity index (χ2v) is 4.80. The first-order valence-corrected chi connectivity index (χ1v) is 6.61. The van der Waals surface area contributed by atoms with Gasteiger partial charge in [0.1, 0.15) is 0 Å². The maximum Gasteiger partial charge on any atom is 0.151 e. The van der Waals surface area contributed by atoms with E-state index < -0.39 is 0 Å². The Balaban J connectivity index is 1.87. The lowest BCUT2D eigenvalue weighted by atomic mass is 10.0. The lowest BCUT2D eigenvalue weighted by Crippen LogP contribution is -1.93. The van der Waals surface area contributed by atoms with Gasteiger partial charge in [-0.2, -0.15) is 0 Å². The van der Waals surface area contributed by atoms with E-state index >= 15 is 0 Å². The van der Waals surface area contributed by atoms with E-state index in [1.807, 2.05) is 41.2 Å². The van der Waals surface area contributed by atoms with E-state index in [1.165, 1.54) is 11.1 Å². The Hall–Kier alpha value is -2.61. The Morgan fingerprint density at radius 2 is 1.70 bits per heavy atom. The van der Waals surface area contributed by atoms with Gasteiger partial charge in [-0.05, 0) is 35.7 Å². The van der Waals surface area contributed by atoms with Crippen molar-refractivity contribution in [3.63, 3.8) is 0 Å². The molecule has 0 amide bonds. The molecule has 2 nitrogen and oxygen atoms in total. The van der Waals surface area contributed by atoms with Crippen molar-refractivity contribution < 1.29 is 4.79 Å². The summed E-state index contributed by atoms with van der Waals surface area (Å²) in [5.41, 5.74) is 4.32. The fourth-order valence-corrected chi connectivity index (χ4v) is 2.30. The zero-order valence-corrected chi connectivity index (χ0v) is 11.1. The summed E-state index contributed by atoms with van der Waals surface area (Å²) < 4.78 is 1.97. The zero-order chi connectivity index (χ0) is 13.8. The minimum absolute atomic E-state index is 0.693. The molecule has 1 heterocycles. The van der Waals surface area contributed by atoms with Crippen LogP contribution in [0.4, 0.5) is 0 Å². The number of rotatable bonds is 4. The highest BCUT2D eigenvalue weighted by atomic mass is 16.1. The monoisotopic (exact) mass is 261 g/mol. The van der Waals surface area contributed by atoms with E-state index in [-0.39, 0.29) is 0 Å². The van der Waals surface area contributed by atoms with Gasteiger partial charge >= 0.3 is 0 Å². The van der Waals surface area contributed by atoms with Crippen molar-refractivity contribution >= 4 is 6.29 Å². The summed E-state index contributed by atoms with van der Waals surface area (Å²) in [7, 11) is 0. The molecule has 0 aliphatic rings. The maximum absolute atomic E-state index is 10.7. The largest absolute Gasteiger partial charge is 0.323 e. The lowest BCUT2D eigenvalue weighted by molar-refractivity contribution is 0.112. The molecule has 0 unspecified atom stereocenters. The third-order valence-corrected chi connectivity index (χ3v) is 3.31. The molecule has 0 aliphatic carbocycles. The van der Waals surface area contributed by atoms with E-state index in [0.29, 0.717) is 5.56 Å². The predicted molar refractivity (Wildman–Crippen MR) is 80.4 cm³/mol. The molecule has 3 aromatic rings. The second-order valence-electron chi connectivity index (χ2n) is 4.80. The number of benzene rings is 2. The van der Waals surface area contributed by atoms with Crippen LogP contribution in [0.2, 0.25) is 0 Å².